The van der Waals surface area contributed by atoms with E-state index in [0.29, 0.717) is 29.9 Å². The van der Waals surface area contributed by atoms with Crippen LogP contribution in [0.15, 0.2) is 30.6 Å². The molecule has 2 aromatic heterocycles. The quantitative estimate of drug-likeness (QED) is 0.727. The molecule has 2 N–H and O–H groups in total. The van der Waals surface area contributed by atoms with E-state index >= 15 is 0 Å². The number of aromatic nitrogens is 3. The first kappa shape index (κ1) is 14.6. The van der Waals surface area contributed by atoms with Crippen LogP contribution >= 0.6 is 0 Å². The molecule has 3 rings (SSSR count). The number of imidazole rings is 1. The Kier molecular flexibility index (Phi) is 3.61. The molecule has 8 heteroatoms. The van der Waals surface area contributed by atoms with Crippen molar-refractivity contribution >= 4 is 22.5 Å². The van der Waals surface area contributed by atoms with Crippen LogP contribution in [-0.4, -0.2) is 32.6 Å². The smallest absolute Gasteiger partial charge is 0.396 e. The van der Waals surface area contributed by atoms with E-state index in [0.717, 1.165) is 12.1 Å². The monoisotopic (exact) mass is 310 g/mol. The van der Waals surface area contributed by atoms with Gasteiger partial charge in [-0.2, -0.15) is 13.2 Å². The van der Waals surface area contributed by atoms with E-state index in [9.17, 15) is 13.2 Å². The minimum absolute atomic E-state index is 0.0174. The Morgan fingerprint density at radius 1 is 1.27 bits per heavy atom. The van der Waals surface area contributed by atoms with Gasteiger partial charge in [0.2, 0.25) is 0 Å². The lowest BCUT2D eigenvalue weighted by Gasteiger charge is -2.11. The van der Waals surface area contributed by atoms with Gasteiger partial charge in [0.15, 0.2) is 11.5 Å². The third kappa shape index (κ3) is 2.57. The van der Waals surface area contributed by atoms with Crippen LogP contribution in [0.25, 0.3) is 16.7 Å². The molecule has 0 radical (unpaired) electrons. The van der Waals surface area contributed by atoms with E-state index in [-0.39, 0.29) is 12.1 Å². The van der Waals surface area contributed by atoms with Crippen LogP contribution in [0.4, 0.5) is 19.0 Å². The number of aliphatic hydroxyl groups is 1. The molecule has 2 heterocycles. The number of nitrogens with zero attached hydrogens (tertiary/aromatic N) is 3. The lowest BCUT2D eigenvalue weighted by atomic mass is 10.2. The zero-order chi connectivity index (χ0) is 15.7. The van der Waals surface area contributed by atoms with E-state index in [4.69, 9.17) is 5.11 Å². The highest BCUT2D eigenvalue weighted by molar-refractivity contribution is 5.83. The van der Waals surface area contributed by atoms with Crippen LogP contribution in [0.5, 0.6) is 0 Å². The fourth-order valence-electron chi connectivity index (χ4n) is 2.24. The van der Waals surface area contributed by atoms with Gasteiger partial charge in [-0.3, -0.25) is 4.40 Å². The number of hydrogen-bond donors (Lipinski definition) is 2. The number of hydrogen-bond acceptors (Lipinski definition) is 4. The average molecular weight is 310 g/mol. The first-order valence-electron chi connectivity index (χ1n) is 6.69. The van der Waals surface area contributed by atoms with Gasteiger partial charge < -0.3 is 10.4 Å². The Morgan fingerprint density at radius 3 is 2.82 bits per heavy atom. The molecule has 5 nitrogen and oxygen atoms in total. The number of anilines is 1. The molecule has 0 bridgehead atoms. The van der Waals surface area contributed by atoms with Crippen LogP contribution in [0.2, 0.25) is 0 Å². The molecule has 3 aromatic rings. The van der Waals surface area contributed by atoms with Crippen LogP contribution in [-0.2, 0) is 6.18 Å². The second-order valence-corrected chi connectivity index (χ2v) is 4.79. The Morgan fingerprint density at radius 2 is 2.09 bits per heavy atom. The Hall–Kier alpha value is -2.35. The fourth-order valence-corrected chi connectivity index (χ4v) is 2.24. The first-order valence-corrected chi connectivity index (χ1v) is 6.69. The molecule has 1 aromatic carbocycles. The molecule has 0 atom stereocenters. The van der Waals surface area contributed by atoms with Crippen molar-refractivity contribution in [2.45, 2.75) is 12.6 Å². The lowest BCUT2D eigenvalue weighted by Crippen LogP contribution is -2.09. The van der Waals surface area contributed by atoms with Crippen LogP contribution in [0.1, 0.15) is 12.0 Å². The molecule has 0 amide bonds. The van der Waals surface area contributed by atoms with E-state index in [1.807, 2.05) is 0 Å². The molecule has 0 unspecified atom stereocenters. The SMILES string of the molecule is OCCCNc1nc2cc(C(F)(F)F)ccc2n2ccnc12. The number of benzene rings is 1. The molecule has 22 heavy (non-hydrogen) atoms. The van der Waals surface area contributed by atoms with Crippen molar-refractivity contribution in [3.8, 4) is 0 Å². The molecule has 116 valence electrons. The van der Waals surface area contributed by atoms with E-state index < -0.39 is 11.7 Å². The van der Waals surface area contributed by atoms with Crippen molar-refractivity contribution in [1.29, 1.82) is 0 Å². The number of alkyl halides is 3. The molecule has 0 aliphatic carbocycles. The topological polar surface area (TPSA) is 62.5 Å². The summed E-state index contributed by atoms with van der Waals surface area (Å²) in [7, 11) is 0. The summed E-state index contributed by atoms with van der Waals surface area (Å²) >= 11 is 0. The van der Waals surface area contributed by atoms with Crippen molar-refractivity contribution in [1.82, 2.24) is 14.4 Å². The summed E-state index contributed by atoms with van der Waals surface area (Å²) in [5.74, 6) is 0.394. The van der Waals surface area contributed by atoms with Gasteiger partial charge in [0.1, 0.15) is 0 Å². The number of aliphatic hydroxyl groups excluding tert-OH is 1. The summed E-state index contributed by atoms with van der Waals surface area (Å²) in [6.07, 6.45) is -0.672. The van der Waals surface area contributed by atoms with E-state index in [2.05, 4.69) is 15.3 Å². The molecule has 0 aliphatic heterocycles. The largest absolute Gasteiger partial charge is 0.416 e. The fraction of sp³-hybridized carbons (Fsp3) is 0.286. The maximum Gasteiger partial charge on any atom is 0.416 e. The van der Waals surface area contributed by atoms with Gasteiger partial charge in [-0.15, -0.1) is 0 Å². The van der Waals surface area contributed by atoms with Gasteiger partial charge in [0.25, 0.3) is 0 Å². The minimum Gasteiger partial charge on any atom is -0.396 e. The second kappa shape index (κ2) is 5.45. The van der Waals surface area contributed by atoms with E-state index in [1.54, 1.807) is 16.8 Å². The number of nitrogens with one attached hydrogen (secondary N) is 1. The van der Waals surface area contributed by atoms with Gasteiger partial charge in [-0.25, -0.2) is 9.97 Å². The predicted octanol–water partition coefficient (Wildman–Crippen LogP) is 2.70. The Bertz CT molecular complexity index is 813. The third-order valence-corrected chi connectivity index (χ3v) is 3.27. The zero-order valence-corrected chi connectivity index (χ0v) is 11.4. The summed E-state index contributed by atoms with van der Waals surface area (Å²) in [6, 6.07) is 3.44. The summed E-state index contributed by atoms with van der Waals surface area (Å²) in [5.41, 5.74) is 0.568. The molecule has 0 fully saturated rings. The molecule has 0 aliphatic rings. The highest BCUT2D eigenvalue weighted by Gasteiger charge is 2.30. The molecular weight excluding hydrogens is 297 g/mol. The third-order valence-electron chi connectivity index (χ3n) is 3.27. The summed E-state index contributed by atoms with van der Waals surface area (Å²) < 4.78 is 40.2. The minimum atomic E-state index is -4.41. The lowest BCUT2D eigenvalue weighted by molar-refractivity contribution is -0.137. The van der Waals surface area contributed by atoms with Gasteiger partial charge in [0, 0.05) is 25.5 Å². The highest BCUT2D eigenvalue weighted by atomic mass is 19.4. The maximum atomic E-state index is 12.8. The van der Waals surface area contributed by atoms with Crippen molar-refractivity contribution < 1.29 is 18.3 Å². The predicted molar refractivity (Wildman–Crippen MR) is 75.7 cm³/mol. The highest BCUT2D eigenvalue weighted by Crippen LogP contribution is 2.31. The molecule has 0 saturated heterocycles. The summed E-state index contributed by atoms with van der Waals surface area (Å²) in [4.78, 5) is 8.42. The van der Waals surface area contributed by atoms with Gasteiger partial charge in [-0.1, -0.05) is 0 Å². The van der Waals surface area contributed by atoms with Gasteiger partial charge in [-0.05, 0) is 24.6 Å². The van der Waals surface area contributed by atoms with Crippen LogP contribution in [0, 0.1) is 0 Å². The molecular formula is C14H13F3N4O. The molecule has 0 spiro atoms. The average Bonchev–Trinajstić information content (AvgIpc) is 2.96. The van der Waals surface area contributed by atoms with Gasteiger partial charge >= 0.3 is 6.18 Å². The van der Waals surface area contributed by atoms with Crippen molar-refractivity contribution in [3.05, 3.63) is 36.2 Å². The zero-order valence-electron chi connectivity index (χ0n) is 11.4. The normalized spacial score (nSPS) is 12.2. The number of rotatable bonds is 4. The first-order chi connectivity index (χ1) is 10.5. The summed E-state index contributed by atoms with van der Waals surface area (Å²) in [5, 5.41) is 11.8. The van der Waals surface area contributed by atoms with E-state index in [1.165, 1.54) is 6.07 Å². The Labute approximate surface area is 123 Å². The maximum absolute atomic E-state index is 12.8. The Balaban J connectivity index is 2.15. The van der Waals surface area contributed by atoms with Crippen LogP contribution in [0.3, 0.4) is 0 Å². The standard InChI is InChI=1S/C14H13F3N4O/c15-14(16,17)9-2-3-11-10(8-9)20-12(18-4-1-7-22)13-19-5-6-21(11)13/h2-3,5-6,8,22H,1,4,7H2,(H,18,20). The van der Waals surface area contributed by atoms with Gasteiger partial charge in [0.05, 0.1) is 16.6 Å². The number of halogens is 3. The summed E-state index contributed by atoms with van der Waals surface area (Å²) in [6.45, 7) is 0.472. The van der Waals surface area contributed by atoms with Crippen LogP contribution < -0.4 is 5.32 Å². The van der Waals surface area contributed by atoms with Crippen molar-refractivity contribution in [3.63, 3.8) is 0 Å². The van der Waals surface area contributed by atoms with Crippen molar-refractivity contribution in [2.24, 2.45) is 0 Å². The molecule has 0 saturated carbocycles. The van der Waals surface area contributed by atoms with Crippen molar-refractivity contribution in [2.75, 3.05) is 18.5 Å². The number of fused-ring (bicyclic) bond motifs is 3. The second-order valence-electron chi connectivity index (χ2n) is 4.79.